The lowest BCUT2D eigenvalue weighted by Crippen LogP contribution is -2.33. The first-order chi connectivity index (χ1) is 9.21. The molecule has 1 N–H and O–H groups in total. The molecule has 0 aliphatic rings. The van der Waals surface area contributed by atoms with Crippen molar-refractivity contribution in [2.75, 3.05) is 18.4 Å². The molecular formula is C14H28N4S. The molecule has 4 nitrogen and oxygen atoms in total. The summed E-state index contributed by atoms with van der Waals surface area (Å²) in [4.78, 5) is 2.52. The Morgan fingerprint density at radius 1 is 1.21 bits per heavy atom. The van der Waals surface area contributed by atoms with Gasteiger partial charge in [-0.05, 0) is 32.7 Å². The van der Waals surface area contributed by atoms with Crippen molar-refractivity contribution in [2.45, 2.75) is 66.0 Å². The standard InChI is InChI=1S/C14H28N4S/c1-5-8-10-18(12(4)7-3)11-13-16-17-14(19-13)15-9-6-2/h12H,5-11H2,1-4H3,(H,15,17). The summed E-state index contributed by atoms with van der Waals surface area (Å²) >= 11 is 1.69. The highest BCUT2D eigenvalue weighted by Gasteiger charge is 2.14. The van der Waals surface area contributed by atoms with Crippen LogP contribution in [0.1, 0.15) is 58.4 Å². The molecule has 0 radical (unpaired) electrons. The second-order valence-corrected chi connectivity index (χ2v) is 6.07. The van der Waals surface area contributed by atoms with Crippen LogP contribution in [-0.4, -0.2) is 34.2 Å². The van der Waals surface area contributed by atoms with Crippen LogP contribution in [0.15, 0.2) is 0 Å². The van der Waals surface area contributed by atoms with E-state index >= 15 is 0 Å². The lowest BCUT2D eigenvalue weighted by atomic mass is 10.2. The second-order valence-electron chi connectivity index (χ2n) is 5.01. The molecule has 0 aromatic carbocycles. The van der Waals surface area contributed by atoms with E-state index in [1.807, 2.05) is 0 Å². The van der Waals surface area contributed by atoms with Crippen LogP contribution in [-0.2, 0) is 6.54 Å². The monoisotopic (exact) mass is 284 g/mol. The van der Waals surface area contributed by atoms with E-state index in [4.69, 9.17) is 0 Å². The van der Waals surface area contributed by atoms with Gasteiger partial charge in [0.1, 0.15) is 5.01 Å². The summed E-state index contributed by atoms with van der Waals surface area (Å²) in [6, 6.07) is 0.613. The maximum absolute atomic E-state index is 4.30. The Morgan fingerprint density at radius 3 is 2.63 bits per heavy atom. The summed E-state index contributed by atoms with van der Waals surface area (Å²) in [5, 5.41) is 13.9. The normalized spacial score (nSPS) is 12.9. The van der Waals surface area contributed by atoms with Gasteiger partial charge in [0.2, 0.25) is 5.13 Å². The molecule has 1 aromatic rings. The zero-order valence-electron chi connectivity index (χ0n) is 12.8. The van der Waals surface area contributed by atoms with E-state index in [1.165, 1.54) is 19.3 Å². The van der Waals surface area contributed by atoms with Gasteiger partial charge in [-0.15, -0.1) is 10.2 Å². The molecule has 1 atom stereocenters. The fraction of sp³-hybridized carbons (Fsp3) is 0.857. The minimum absolute atomic E-state index is 0.613. The molecule has 110 valence electrons. The van der Waals surface area contributed by atoms with E-state index in [-0.39, 0.29) is 0 Å². The predicted octanol–water partition coefficient (Wildman–Crippen LogP) is 3.76. The smallest absolute Gasteiger partial charge is 0.205 e. The minimum Gasteiger partial charge on any atom is -0.360 e. The van der Waals surface area contributed by atoms with Crippen LogP contribution in [0.3, 0.4) is 0 Å². The van der Waals surface area contributed by atoms with Crippen LogP contribution in [0.5, 0.6) is 0 Å². The molecular weight excluding hydrogens is 256 g/mol. The maximum atomic E-state index is 4.30. The van der Waals surface area contributed by atoms with Crippen LogP contribution in [0, 0.1) is 0 Å². The summed E-state index contributed by atoms with van der Waals surface area (Å²) < 4.78 is 0. The van der Waals surface area contributed by atoms with Crippen molar-refractivity contribution in [2.24, 2.45) is 0 Å². The Bertz CT molecular complexity index is 340. The van der Waals surface area contributed by atoms with Crippen molar-refractivity contribution in [3.63, 3.8) is 0 Å². The number of aromatic nitrogens is 2. The Morgan fingerprint density at radius 2 is 2.00 bits per heavy atom. The second kappa shape index (κ2) is 9.26. The highest BCUT2D eigenvalue weighted by atomic mass is 32.1. The van der Waals surface area contributed by atoms with Gasteiger partial charge in [-0.2, -0.15) is 0 Å². The van der Waals surface area contributed by atoms with Gasteiger partial charge >= 0.3 is 0 Å². The summed E-state index contributed by atoms with van der Waals surface area (Å²) in [7, 11) is 0. The maximum Gasteiger partial charge on any atom is 0.205 e. The molecule has 0 saturated heterocycles. The number of hydrogen-bond donors (Lipinski definition) is 1. The third kappa shape index (κ3) is 5.87. The minimum atomic E-state index is 0.613. The van der Waals surface area contributed by atoms with Gasteiger partial charge < -0.3 is 5.32 Å². The van der Waals surface area contributed by atoms with Gasteiger partial charge in [0.05, 0.1) is 6.54 Å². The Balaban J connectivity index is 2.54. The SMILES string of the molecule is CCCCN(Cc1nnc(NCCC)s1)C(C)CC. The fourth-order valence-electron chi connectivity index (χ4n) is 1.87. The molecule has 1 heterocycles. The van der Waals surface area contributed by atoms with Crippen LogP contribution in [0.4, 0.5) is 5.13 Å². The van der Waals surface area contributed by atoms with Crippen molar-refractivity contribution in [1.82, 2.24) is 15.1 Å². The topological polar surface area (TPSA) is 41.1 Å². The van der Waals surface area contributed by atoms with E-state index in [0.29, 0.717) is 6.04 Å². The molecule has 19 heavy (non-hydrogen) atoms. The van der Waals surface area contributed by atoms with Gasteiger partial charge in [-0.3, -0.25) is 4.90 Å². The average molecular weight is 284 g/mol. The average Bonchev–Trinajstić information content (AvgIpc) is 2.87. The third-order valence-corrected chi connectivity index (χ3v) is 4.21. The number of anilines is 1. The quantitative estimate of drug-likeness (QED) is 0.710. The van der Waals surface area contributed by atoms with E-state index < -0.39 is 0 Å². The van der Waals surface area contributed by atoms with Crippen molar-refractivity contribution in [3.05, 3.63) is 5.01 Å². The number of hydrogen-bond acceptors (Lipinski definition) is 5. The van der Waals surface area contributed by atoms with Crippen molar-refractivity contribution >= 4 is 16.5 Å². The first-order valence-corrected chi connectivity index (χ1v) is 8.33. The van der Waals surface area contributed by atoms with Crippen molar-refractivity contribution in [3.8, 4) is 0 Å². The Kier molecular flexibility index (Phi) is 7.98. The number of rotatable bonds is 10. The molecule has 1 rings (SSSR count). The lowest BCUT2D eigenvalue weighted by Gasteiger charge is -2.27. The van der Waals surface area contributed by atoms with Gasteiger partial charge in [-0.25, -0.2) is 0 Å². The summed E-state index contributed by atoms with van der Waals surface area (Å²) in [6.45, 7) is 12.0. The number of nitrogens with one attached hydrogen (secondary N) is 1. The third-order valence-electron chi connectivity index (χ3n) is 3.34. The van der Waals surface area contributed by atoms with Crippen LogP contribution < -0.4 is 5.32 Å². The molecule has 0 aliphatic carbocycles. The zero-order valence-corrected chi connectivity index (χ0v) is 13.6. The summed E-state index contributed by atoms with van der Waals surface area (Å²) in [5.74, 6) is 0. The van der Waals surface area contributed by atoms with E-state index in [1.54, 1.807) is 11.3 Å². The molecule has 1 aromatic heterocycles. The van der Waals surface area contributed by atoms with Crippen LogP contribution >= 0.6 is 11.3 Å². The van der Waals surface area contributed by atoms with E-state index in [9.17, 15) is 0 Å². The van der Waals surface area contributed by atoms with Gasteiger partial charge in [0.15, 0.2) is 0 Å². The van der Waals surface area contributed by atoms with Crippen LogP contribution in [0.2, 0.25) is 0 Å². The number of nitrogens with zero attached hydrogens (tertiary/aromatic N) is 3. The van der Waals surface area contributed by atoms with Crippen molar-refractivity contribution in [1.29, 1.82) is 0 Å². The largest absolute Gasteiger partial charge is 0.360 e. The van der Waals surface area contributed by atoms with Crippen LogP contribution in [0.25, 0.3) is 0 Å². The predicted molar refractivity (Wildman–Crippen MR) is 83.8 cm³/mol. The molecule has 0 aliphatic heterocycles. The van der Waals surface area contributed by atoms with Gasteiger partial charge in [0, 0.05) is 12.6 Å². The lowest BCUT2D eigenvalue weighted by molar-refractivity contribution is 0.191. The first kappa shape index (κ1) is 16.4. The zero-order chi connectivity index (χ0) is 14.1. The molecule has 0 amide bonds. The van der Waals surface area contributed by atoms with Crippen molar-refractivity contribution < 1.29 is 0 Å². The molecule has 0 bridgehead atoms. The molecule has 0 fully saturated rings. The highest BCUT2D eigenvalue weighted by molar-refractivity contribution is 7.15. The van der Waals surface area contributed by atoms with E-state index in [2.05, 4.69) is 48.1 Å². The highest BCUT2D eigenvalue weighted by Crippen LogP contribution is 2.19. The molecule has 0 spiro atoms. The number of unbranched alkanes of at least 4 members (excludes halogenated alkanes) is 1. The van der Waals surface area contributed by atoms with Gasteiger partial charge in [0.25, 0.3) is 0 Å². The Hall–Kier alpha value is -0.680. The Labute approximate surface area is 121 Å². The fourth-order valence-corrected chi connectivity index (χ4v) is 2.66. The van der Waals surface area contributed by atoms with Gasteiger partial charge in [-0.1, -0.05) is 38.5 Å². The summed E-state index contributed by atoms with van der Waals surface area (Å²) in [6.07, 6.45) is 4.80. The molecule has 0 saturated carbocycles. The summed E-state index contributed by atoms with van der Waals surface area (Å²) in [5.41, 5.74) is 0. The molecule has 5 heteroatoms. The molecule has 1 unspecified atom stereocenters. The first-order valence-electron chi connectivity index (χ1n) is 7.51. The van der Waals surface area contributed by atoms with E-state index in [0.717, 1.165) is 36.2 Å².